The summed E-state index contributed by atoms with van der Waals surface area (Å²) in [5.74, 6) is 0.271. The minimum atomic E-state index is -0.118. The average molecular weight is 258 g/mol. The van der Waals surface area contributed by atoms with E-state index in [0.717, 1.165) is 5.56 Å². The lowest BCUT2D eigenvalue weighted by molar-refractivity contribution is 0.0786. The zero-order valence-corrected chi connectivity index (χ0v) is 11.4. The lowest BCUT2D eigenvalue weighted by atomic mass is 10.1. The van der Waals surface area contributed by atoms with E-state index in [1.54, 1.807) is 19.0 Å². The van der Waals surface area contributed by atoms with Crippen LogP contribution in [0.2, 0.25) is 0 Å². The Labute approximate surface area is 112 Å². The Morgan fingerprint density at radius 1 is 1.47 bits per heavy atom. The highest BCUT2D eigenvalue weighted by molar-refractivity contribution is 5.98. The number of amides is 1. The maximum absolute atomic E-state index is 12.3. The fourth-order valence-corrected chi connectivity index (χ4v) is 1.97. The van der Waals surface area contributed by atoms with Crippen LogP contribution < -0.4 is 5.73 Å². The topological polar surface area (TPSA) is 64.2 Å². The number of nitrogens with zero attached hydrogens (tertiary/aromatic N) is 3. The Morgan fingerprint density at radius 2 is 2.21 bits per heavy atom. The Hall–Kier alpha value is -2.30. The minimum Gasteiger partial charge on any atom is -0.383 e. The van der Waals surface area contributed by atoms with Gasteiger partial charge in [0.1, 0.15) is 11.4 Å². The van der Waals surface area contributed by atoms with Crippen LogP contribution >= 0.6 is 0 Å². The van der Waals surface area contributed by atoms with Gasteiger partial charge in [-0.3, -0.25) is 9.48 Å². The van der Waals surface area contributed by atoms with Crippen molar-refractivity contribution in [2.75, 3.05) is 12.8 Å². The fraction of sp³-hybridized carbons (Fsp3) is 0.286. The van der Waals surface area contributed by atoms with Gasteiger partial charge in [-0.05, 0) is 12.5 Å². The Morgan fingerprint density at radius 3 is 2.79 bits per heavy atom. The highest BCUT2D eigenvalue weighted by atomic mass is 16.2. The molecular weight excluding hydrogens is 240 g/mol. The lowest BCUT2D eigenvalue weighted by Gasteiger charge is -2.17. The number of aromatic nitrogens is 2. The molecule has 1 amide bonds. The zero-order valence-electron chi connectivity index (χ0n) is 11.4. The molecule has 0 radical (unpaired) electrons. The third kappa shape index (κ3) is 2.76. The summed E-state index contributed by atoms with van der Waals surface area (Å²) in [5, 5.41) is 3.98. The van der Waals surface area contributed by atoms with E-state index < -0.39 is 0 Å². The predicted molar refractivity (Wildman–Crippen MR) is 74.6 cm³/mol. The predicted octanol–water partition coefficient (Wildman–Crippen LogP) is 1.58. The smallest absolute Gasteiger partial charge is 0.259 e. The van der Waals surface area contributed by atoms with Gasteiger partial charge in [0, 0.05) is 20.6 Å². The first-order valence-corrected chi connectivity index (χ1v) is 6.07. The molecule has 2 aromatic rings. The first-order valence-electron chi connectivity index (χ1n) is 6.07. The van der Waals surface area contributed by atoms with Crippen molar-refractivity contribution in [1.29, 1.82) is 0 Å². The molecule has 1 aromatic carbocycles. The molecule has 0 fully saturated rings. The summed E-state index contributed by atoms with van der Waals surface area (Å²) in [4.78, 5) is 13.9. The van der Waals surface area contributed by atoms with Gasteiger partial charge >= 0.3 is 0 Å². The van der Waals surface area contributed by atoms with Crippen molar-refractivity contribution in [3.8, 4) is 0 Å². The van der Waals surface area contributed by atoms with Crippen LogP contribution in [0.3, 0.4) is 0 Å². The third-order valence-electron chi connectivity index (χ3n) is 3.06. The zero-order chi connectivity index (χ0) is 14.0. The minimum absolute atomic E-state index is 0.118. The first-order chi connectivity index (χ1) is 8.99. The SMILES string of the molecule is Cc1cccc(CN(C)C(=O)c2cnn(C)c2N)c1. The van der Waals surface area contributed by atoms with Crippen molar-refractivity contribution in [3.63, 3.8) is 0 Å². The van der Waals surface area contributed by atoms with Crippen LogP contribution in [0.4, 0.5) is 5.82 Å². The third-order valence-corrected chi connectivity index (χ3v) is 3.06. The molecule has 100 valence electrons. The van der Waals surface area contributed by atoms with Crippen LogP contribution in [0.1, 0.15) is 21.5 Å². The van der Waals surface area contributed by atoms with Crippen LogP contribution in [0.15, 0.2) is 30.5 Å². The number of benzene rings is 1. The molecule has 0 saturated carbocycles. The Bertz CT molecular complexity index is 603. The van der Waals surface area contributed by atoms with Gasteiger partial charge in [0.15, 0.2) is 0 Å². The standard InChI is InChI=1S/C14H18N4O/c1-10-5-4-6-11(7-10)9-17(2)14(19)12-8-16-18(3)13(12)15/h4-8H,9,15H2,1-3H3. The Balaban J connectivity index is 2.14. The number of nitrogens with two attached hydrogens (primary N) is 1. The van der Waals surface area contributed by atoms with Crippen molar-refractivity contribution in [1.82, 2.24) is 14.7 Å². The maximum atomic E-state index is 12.3. The van der Waals surface area contributed by atoms with Crippen molar-refractivity contribution < 1.29 is 4.79 Å². The number of carbonyl (C=O) groups excluding carboxylic acids is 1. The number of aryl methyl sites for hydroxylation is 2. The summed E-state index contributed by atoms with van der Waals surface area (Å²) in [6, 6.07) is 8.09. The molecule has 1 aromatic heterocycles. The number of anilines is 1. The molecule has 2 N–H and O–H groups in total. The van der Waals surface area contributed by atoms with Crippen molar-refractivity contribution in [3.05, 3.63) is 47.2 Å². The second-order valence-corrected chi connectivity index (χ2v) is 4.72. The van der Waals surface area contributed by atoms with E-state index in [-0.39, 0.29) is 5.91 Å². The van der Waals surface area contributed by atoms with Crippen molar-refractivity contribution in [2.45, 2.75) is 13.5 Å². The monoisotopic (exact) mass is 258 g/mol. The van der Waals surface area contributed by atoms with E-state index in [0.29, 0.717) is 17.9 Å². The van der Waals surface area contributed by atoms with Gasteiger partial charge < -0.3 is 10.6 Å². The second-order valence-electron chi connectivity index (χ2n) is 4.72. The summed E-state index contributed by atoms with van der Waals surface area (Å²) in [5.41, 5.74) is 8.53. The van der Waals surface area contributed by atoms with Crippen LogP contribution in [0.25, 0.3) is 0 Å². The number of rotatable bonds is 3. The van der Waals surface area contributed by atoms with E-state index >= 15 is 0 Å². The van der Waals surface area contributed by atoms with Crippen LogP contribution in [-0.4, -0.2) is 27.6 Å². The number of hydrogen-bond acceptors (Lipinski definition) is 3. The number of nitrogen functional groups attached to an aromatic ring is 1. The summed E-state index contributed by atoms with van der Waals surface area (Å²) >= 11 is 0. The molecule has 0 aliphatic heterocycles. The fourth-order valence-electron chi connectivity index (χ4n) is 1.97. The molecule has 1 heterocycles. The molecule has 0 aliphatic carbocycles. The average Bonchev–Trinajstić information content (AvgIpc) is 2.69. The number of hydrogen-bond donors (Lipinski definition) is 1. The molecule has 0 saturated heterocycles. The normalized spacial score (nSPS) is 10.5. The highest BCUT2D eigenvalue weighted by Gasteiger charge is 2.17. The highest BCUT2D eigenvalue weighted by Crippen LogP contribution is 2.14. The van der Waals surface area contributed by atoms with E-state index in [9.17, 15) is 4.79 Å². The van der Waals surface area contributed by atoms with Gasteiger partial charge in [0.05, 0.1) is 6.20 Å². The van der Waals surface area contributed by atoms with Crippen LogP contribution in [-0.2, 0) is 13.6 Å². The summed E-state index contributed by atoms with van der Waals surface area (Å²) in [6.45, 7) is 2.58. The van der Waals surface area contributed by atoms with E-state index in [1.165, 1.54) is 16.4 Å². The molecule has 5 heteroatoms. The molecule has 0 spiro atoms. The molecule has 0 unspecified atom stereocenters. The summed E-state index contributed by atoms with van der Waals surface area (Å²) in [6.07, 6.45) is 1.50. The van der Waals surface area contributed by atoms with Gasteiger partial charge in [0.2, 0.25) is 0 Å². The van der Waals surface area contributed by atoms with Crippen LogP contribution in [0, 0.1) is 6.92 Å². The molecule has 2 rings (SSSR count). The maximum Gasteiger partial charge on any atom is 0.259 e. The van der Waals surface area contributed by atoms with Gasteiger partial charge in [-0.2, -0.15) is 5.10 Å². The van der Waals surface area contributed by atoms with Gasteiger partial charge in [-0.25, -0.2) is 0 Å². The van der Waals surface area contributed by atoms with Gasteiger partial charge in [-0.15, -0.1) is 0 Å². The largest absolute Gasteiger partial charge is 0.383 e. The van der Waals surface area contributed by atoms with E-state index in [1.807, 2.05) is 25.1 Å². The molecule has 0 aliphatic rings. The van der Waals surface area contributed by atoms with Gasteiger partial charge in [-0.1, -0.05) is 29.8 Å². The first kappa shape index (κ1) is 13.1. The molecule has 0 atom stereocenters. The van der Waals surface area contributed by atoms with E-state index in [2.05, 4.69) is 11.2 Å². The molecule has 5 nitrogen and oxygen atoms in total. The van der Waals surface area contributed by atoms with Crippen molar-refractivity contribution >= 4 is 11.7 Å². The molecule has 0 bridgehead atoms. The van der Waals surface area contributed by atoms with Crippen molar-refractivity contribution in [2.24, 2.45) is 7.05 Å². The lowest BCUT2D eigenvalue weighted by Crippen LogP contribution is -2.26. The quantitative estimate of drug-likeness (QED) is 0.909. The summed E-state index contributed by atoms with van der Waals surface area (Å²) in [7, 11) is 3.48. The van der Waals surface area contributed by atoms with E-state index in [4.69, 9.17) is 5.73 Å². The van der Waals surface area contributed by atoms with Gasteiger partial charge in [0.25, 0.3) is 5.91 Å². The Kier molecular flexibility index (Phi) is 3.55. The number of carbonyl (C=O) groups is 1. The molecule has 19 heavy (non-hydrogen) atoms. The molecular formula is C14H18N4O. The summed E-state index contributed by atoms with van der Waals surface area (Å²) < 4.78 is 1.49. The second kappa shape index (κ2) is 5.14. The van der Waals surface area contributed by atoms with Crippen LogP contribution in [0.5, 0.6) is 0 Å².